The summed E-state index contributed by atoms with van der Waals surface area (Å²) in [6, 6.07) is 9.34. The summed E-state index contributed by atoms with van der Waals surface area (Å²) in [6.45, 7) is 1.91. The van der Waals surface area contributed by atoms with Crippen LogP contribution in [0.2, 0.25) is 0 Å². The van der Waals surface area contributed by atoms with Crippen LogP contribution in [0.15, 0.2) is 24.3 Å². The highest BCUT2D eigenvalue weighted by Crippen LogP contribution is 2.34. The van der Waals surface area contributed by atoms with E-state index in [-0.39, 0.29) is 0 Å². The van der Waals surface area contributed by atoms with Crippen LogP contribution in [-0.2, 0) is 10.1 Å². The molecule has 2 aliphatic rings. The second kappa shape index (κ2) is 5.62. The number of rotatable bonds is 2. The summed E-state index contributed by atoms with van der Waals surface area (Å²) < 4.78 is 5.95. The van der Waals surface area contributed by atoms with E-state index in [0.29, 0.717) is 12.1 Å². The van der Waals surface area contributed by atoms with Crippen LogP contribution in [0.5, 0.6) is 0 Å². The Balaban J connectivity index is 1.89. The monoisotopic (exact) mass is 309 g/mol. The average Bonchev–Trinajstić information content (AvgIpc) is 2.46. The summed E-state index contributed by atoms with van der Waals surface area (Å²) in [5, 5.41) is 0.928. The predicted octanol–water partition coefficient (Wildman–Crippen LogP) is 3.73. The fourth-order valence-electron chi connectivity index (χ4n) is 3.30. The van der Waals surface area contributed by atoms with Crippen LogP contribution < -0.4 is 4.90 Å². The van der Waals surface area contributed by atoms with E-state index in [4.69, 9.17) is 4.74 Å². The van der Waals surface area contributed by atoms with Gasteiger partial charge in [-0.2, -0.15) is 0 Å². The van der Waals surface area contributed by atoms with Gasteiger partial charge in [0.1, 0.15) is 0 Å². The van der Waals surface area contributed by atoms with Crippen molar-refractivity contribution < 1.29 is 4.74 Å². The number of para-hydroxylation sites is 1. The average molecular weight is 310 g/mol. The SMILES string of the molecule is BrCc1ccccc1N1CCOC2CCCCC21. The summed E-state index contributed by atoms with van der Waals surface area (Å²) in [7, 11) is 0. The summed E-state index contributed by atoms with van der Waals surface area (Å²) in [5.41, 5.74) is 2.79. The highest BCUT2D eigenvalue weighted by atomic mass is 79.9. The van der Waals surface area contributed by atoms with Crippen molar-refractivity contribution >= 4 is 21.6 Å². The lowest BCUT2D eigenvalue weighted by molar-refractivity contribution is -0.00871. The summed E-state index contributed by atoms with van der Waals surface area (Å²) in [6.07, 6.45) is 5.64. The lowest BCUT2D eigenvalue weighted by atomic mass is 9.89. The Morgan fingerprint density at radius 2 is 2.06 bits per heavy atom. The minimum atomic E-state index is 0.455. The number of hydrogen-bond acceptors (Lipinski definition) is 2. The molecule has 0 spiro atoms. The molecular weight excluding hydrogens is 290 g/mol. The van der Waals surface area contributed by atoms with E-state index in [1.165, 1.54) is 36.9 Å². The number of halogens is 1. The Hall–Kier alpha value is -0.540. The van der Waals surface area contributed by atoms with Crippen molar-refractivity contribution in [3.05, 3.63) is 29.8 Å². The summed E-state index contributed by atoms with van der Waals surface area (Å²) in [4.78, 5) is 2.59. The fourth-order valence-corrected chi connectivity index (χ4v) is 3.77. The number of benzene rings is 1. The second-order valence-electron chi connectivity index (χ2n) is 5.22. The third-order valence-electron chi connectivity index (χ3n) is 4.18. The van der Waals surface area contributed by atoms with Crippen LogP contribution in [0.1, 0.15) is 31.2 Å². The van der Waals surface area contributed by atoms with Gasteiger partial charge in [-0.15, -0.1) is 0 Å². The lowest BCUT2D eigenvalue weighted by Gasteiger charge is -2.45. The zero-order valence-electron chi connectivity index (χ0n) is 10.6. The minimum Gasteiger partial charge on any atom is -0.374 e. The molecule has 18 heavy (non-hydrogen) atoms. The molecule has 1 saturated heterocycles. The first-order valence-corrected chi connectivity index (χ1v) is 8.04. The number of alkyl halides is 1. The van der Waals surface area contributed by atoms with Gasteiger partial charge in [0.05, 0.1) is 18.8 Å². The lowest BCUT2D eigenvalue weighted by Crippen LogP contribution is -2.53. The minimum absolute atomic E-state index is 0.455. The van der Waals surface area contributed by atoms with Crippen molar-refractivity contribution in [2.75, 3.05) is 18.1 Å². The topological polar surface area (TPSA) is 12.5 Å². The van der Waals surface area contributed by atoms with E-state index in [1.807, 2.05) is 0 Å². The van der Waals surface area contributed by atoms with Gasteiger partial charge in [-0.25, -0.2) is 0 Å². The number of anilines is 1. The van der Waals surface area contributed by atoms with E-state index in [1.54, 1.807) is 0 Å². The van der Waals surface area contributed by atoms with Crippen LogP contribution in [0.25, 0.3) is 0 Å². The van der Waals surface area contributed by atoms with E-state index in [0.717, 1.165) is 18.5 Å². The summed E-state index contributed by atoms with van der Waals surface area (Å²) >= 11 is 3.61. The fraction of sp³-hybridized carbons (Fsp3) is 0.600. The number of ether oxygens (including phenoxy) is 1. The normalized spacial score (nSPS) is 27.9. The van der Waals surface area contributed by atoms with Crippen molar-refractivity contribution in [2.45, 2.75) is 43.2 Å². The van der Waals surface area contributed by atoms with Crippen molar-refractivity contribution in [1.82, 2.24) is 0 Å². The van der Waals surface area contributed by atoms with Gasteiger partial charge in [-0.1, -0.05) is 47.0 Å². The molecule has 0 radical (unpaired) electrons. The molecule has 0 aromatic heterocycles. The molecule has 0 bridgehead atoms. The first-order valence-electron chi connectivity index (χ1n) is 6.92. The maximum atomic E-state index is 5.95. The van der Waals surface area contributed by atoms with Crippen molar-refractivity contribution in [2.24, 2.45) is 0 Å². The molecule has 0 N–H and O–H groups in total. The first-order chi connectivity index (χ1) is 8.90. The first kappa shape index (κ1) is 12.5. The Kier molecular flexibility index (Phi) is 3.90. The van der Waals surface area contributed by atoms with Gasteiger partial charge in [-0.3, -0.25) is 0 Å². The van der Waals surface area contributed by atoms with Crippen LogP contribution in [-0.4, -0.2) is 25.3 Å². The molecular formula is C15H20BrNO. The molecule has 3 heteroatoms. The van der Waals surface area contributed by atoms with E-state index < -0.39 is 0 Å². The Morgan fingerprint density at radius 3 is 2.94 bits per heavy atom. The van der Waals surface area contributed by atoms with Crippen LogP contribution in [0, 0.1) is 0 Å². The maximum Gasteiger partial charge on any atom is 0.0779 e. The van der Waals surface area contributed by atoms with Gasteiger partial charge in [0, 0.05) is 17.6 Å². The Morgan fingerprint density at radius 1 is 1.22 bits per heavy atom. The molecule has 1 aromatic rings. The molecule has 0 amide bonds. The maximum absolute atomic E-state index is 5.95. The van der Waals surface area contributed by atoms with Crippen LogP contribution >= 0.6 is 15.9 Å². The van der Waals surface area contributed by atoms with Gasteiger partial charge in [0.15, 0.2) is 0 Å². The molecule has 2 fully saturated rings. The number of fused-ring (bicyclic) bond motifs is 1. The van der Waals surface area contributed by atoms with Crippen LogP contribution in [0.3, 0.4) is 0 Å². The van der Waals surface area contributed by atoms with Gasteiger partial charge in [0.25, 0.3) is 0 Å². The zero-order valence-corrected chi connectivity index (χ0v) is 12.2. The highest BCUT2D eigenvalue weighted by Gasteiger charge is 2.34. The molecule has 2 atom stereocenters. The molecule has 3 rings (SSSR count). The van der Waals surface area contributed by atoms with E-state index in [2.05, 4.69) is 45.1 Å². The highest BCUT2D eigenvalue weighted by molar-refractivity contribution is 9.08. The summed E-state index contributed by atoms with van der Waals surface area (Å²) in [5.74, 6) is 0. The third-order valence-corrected chi connectivity index (χ3v) is 4.78. The van der Waals surface area contributed by atoms with Gasteiger partial charge >= 0.3 is 0 Å². The number of nitrogens with zero attached hydrogens (tertiary/aromatic N) is 1. The standard InChI is InChI=1S/C15H20BrNO/c16-11-12-5-1-2-6-13(12)17-9-10-18-15-8-4-3-7-14(15)17/h1-2,5-6,14-15H,3-4,7-11H2. The molecule has 1 aliphatic heterocycles. The molecule has 1 aliphatic carbocycles. The van der Waals surface area contributed by atoms with E-state index in [9.17, 15) is 0 Å². The van der Waals surface area contributed by atoms with Crippen molar-refractivity contribution in [3.63, 3.8) is 0 Å². The largest absolute Gasteiger partial charge is 0.374 e. The number of morpholine rings is 1. The molecule has 2 unspecified atom stereocenters. The Labute approximate surface area is 117 Å². The molecule has 1 aromatic carbocycles. The van der Waals surface area contributed by atoms with Crippen LogP contribution in [0.4, 0.5) is 5.69 Å². The molecule has 2 nitrogen and oxygen atoms in total. The molecule has 1 heterocycles. The second-order valence-corrected chi connectivity index (χ2v) is 5.78. The molecule has 1 saturated carbocycles. The van der Waals surface area contributed by atoms with Gasteiger partial charge in [0.2, 0.25) is 0 Å². The van der Waals surface area contributed by atoms with Crippen molar-refractivity contribution in [1.29, 1.82) is 0 Å². The Bertz CT molecular complexity index is 407. The van der Waals surface area contributed by atoms with Crippen molar-refractivity contribution in [3.8, 4) is 0 Å². The predicted molar refractivity (Wildman–Crippen MR) is 78.4 cm³/mol. The zero-order chi connectivity index (χ0) is 12.4. The quantitative estimate of drug-likeness (QED) is 0.772. The smallest absolute Gasteiger partial charge is 0.0779 e. The number of hydrogen-bond donors (Lipinski definition) is 0. The molecule has 98 valence electrons. The van der Waals surface area contributed by atoms with E-state index >= 15 is 0 Å². The third kappa shape index (κ3) is 2.30. The van der Waals surface area contributed by atoms with Gasteiger partial charge < -0.3 is 9.64 Å². The van der Waals surface area contributed by atoms with Gasteiger partial charge in [-0.05, 0) is 24.5 Å².